The fourth-order valence-electron chi connectivity index (χ4n) is 1.64. The molecular formula is C13H20BaO+2. The van der Waals surface area contributed by atoms with Gasteiger partial charge in [-0.25, -0.2) is 0 Å². The van der Waals surface area contributed by atoms with Crippen LogP contribution in [0.15, 0.2) is 24.3 Å². The van der Waals surface area contributed by atoms with Crippen LogP contribution in [0, 0.1) is 0 Å². The summed E-state index contributed by atoms with van der Waals surface area (Å²) in [6.45, 7) is 2.23. The third kappa shape index (κ3) is 6.69. The van der Waals surface area contributed by atoms with Crippen LogP contribution in [0.3, 0.4) is 0 Å². The summed E-state index contributed by atoms with van der Waals surface area (Å²) in [5.41, 5.74) is 1.09. The van der Waals surface area contributed by atoms with Gasteiger partial charge in [0.1, 0.15) is 5.75 Å². The number of aryl methyl sites for hydroxylation is 1. The summed E-state index contributed by atoms with van der Waals surface area (Å²) in [5, 5.41) is 9.51. The van der Waals surface area contributed by atoms with E-state index in [1.807, 2.05) is 18.2 Å². The topological polar surface area (TPSA) is 20.2 Å². The van der Waals surface area contributed by atoms with Gasteiger partial charge in [0.05, 0.1) is 0 Å². The molecule has 0 saturated carbocycles. The molecule has 0 spiro atoms. The average Bonchev–Trinajstić information content (AvgIpc) is 2.20. The number of phenols is 1. The predicted molar refractivity (Wildman–Crippen MR) is 66.3 cm³/mol. The number of rotatable bonds is 6. The van der Waals surface area contributed by atoms with Gasteiger partial charge in [-0.3, -0.25) is 0 Å². The Balaban J connectivity index is 0.00000196. The van der Waals surface area contributed by atoms with Gasteiger partial charge >= 0.3 is 48.9 Å². The summed E-state index contributed by atoms with van der Waals surface area (Å²) >= 11 is 0. The van der Waals surface area contributed by atoms with Crippen molar-refractivity contribution in [1.29, 1.82) is 0 Å². The Labute approximate surface area is 133 Å². The van der Waals surface area contributed by atoms with Gasteiger partial charge in [-0.1, -0.05) is 50.8 Å². The molecule has 0 aromatic heterocycles. The van der Waals surface area contributed by atoms with Crippen molar-refractivity contribution >= 4 is 48.9 Å². The molecule has 0 atom stereocenters. The summed E-state index contributed by atoms with van der Waals surface area (Å²) < 4.78 is 0. The molecular weight excluding hydrogens is 309 g/mol. The molecule has 1 rings (SSSR count). The molecule has 1 nitrogen and oxygen atoms in total. The van der Waals surface area contributed by atoms with Crippen LogP contribution >= 0.6 is 0 Å². The molecule has 0 bridgehead atoms. The average molecular weight is 330 g/mol. The number of benzene rings is 1. The number of phenolic OH excluding ortho intramolecular Hbond substituents is 1. The van der Waals surface area contributed by atoms with Crippen molar-refractivity contribution in [2.24, 2.45) is 0 Å². The molecule has 0 aliphatic heterocycles. The second kappa shape index (κ2) is 9.79. The molecule has 1 N–H and O–H groups in total. The minimum atomic E-state index is 0. The maximum absolute atomic E-state index is 9.51. The van der Waals surface area contributed by atoms with Crippen LogP contribution < -0.4 is 0 Å². The van der Waals surface area contributed by atoms with E-state index in [4.69, 9.17) is 0 Å². The predicted octanol–water partition coefficient (Wildman–Crippen LogP) is 3.52. The molecule has 2 heteroatoms. The summed E-state index contributed by atoms with van der Waals surface area (Å²) in [6, 6.07) is 7.63. The van der Waals surface area contributed by atoms with Crippen molar-refractivity contribution in [3.8, 4) is 5.75 Å². The fraction of sp³-hybridized carbons (Fsp3) is 0.538. The zero-order chi connectivity index (χ0) is 10.2. The van der Waals surface area contributed by atoms with Gasteiger partial charge in [-0.15, -0.1) is 0 Å². The number of para-hydroxylation sites is 1. The molecule has 0 heterocycles. The van der Waals surface area contributed by atoms with E-state index in [1.165, 1.54) is 32.1 Å². The van der Waals surface area contributed by atoms with Crippen LogP contribution in [-0.4, -0.2) is 54.0 Å². The quantitative estimate of drug-likeness (QED) is 0.625. The van der Waals surface area contributed by atoms with Crippen molar-refractivity contribution in [3.63, 3.8) is 0 Å². The fourth-order valence-corrected chi connectivity index (χ4v) is 1.64. The standard InChI is InChI=1S/C13H20O.Ba/c1-2-3-4-5-6-9-12-10-7-8-11-13(12)14;/h7-8,10-11,14H,2-6,9H2,1H3;/q;+2. The number of aromatic hydroxyl groups is 1. The maximum Gasteiger partial charge on any atom is 2.00 e. The first kappa shape index (κ1) is 15.6. The monoisotopic (exact) mass is 330 g/mol. The van der Waals surface area contributed by atoms with Crippen LogP contribution in [0.25, 0.3) is 0 Å². The Morgan fingerprint density at radius 2 is 1.67 bits per heavy atom. The zero-order valence-corrected chi connectivity index (χ0v) is 14.1. The molecule has 0 fully saturated rings. The van der Waals surface area contributed by atoms with E-state index in [2.05, 4.69) is 6.92 Å². The molecule has 1 aromatic rings. The Morgan fingerprint density at radius 3 is 2.33 bits per heavy atom. The first-order valence-electron chi connectivity index (χ1n) is 5.61. The molecule has 15 heavy (non-hydrogen) atoms. The van der Waals surface area contributed by atoms with Crippen LogP contribution in [0.5, 0.6) is 5.75 Å². The zero-order valence-electron chi connectivity index (χ0n) is 9.71. The minimum Gasteiger partial charge on any atom is -0.508 e. The van der Waals surface area contributed by atoms with Crippen molar-refractivity contribution in [3.05, 3.63) is 29.8 Å². The van der Waals surface area contributed by atoms with E-state index in [9.17, 15) is 5.11 Å². The second-order valence-corrected chi connectivity index (χ2v) is 3.79. The van der Waals surface area contributed by atoms with Gasteiger partial charge in [0.15, 0.2) is 0 Å². The van der Waals surface area contributed by atoms with Crippen LogP contribution in [0.4, 0.5) is 0 Å². The van der Waals surface area contributed by atoms with Crippen LogP contribution in [-0.2, 0) is 6.42 Å². The maximum atomic E-state index is 9.51. The van der Waals surface area contributed by atoms with Crippen molar-refractivity contribution in [2.45, 2.75) is 45.4 Å². The number of unbranched alkanes of at least 4 members (excludes halogenated alkanes) is 4. The molecule has 1 aromatic carbocycles. The van der Waals surface area contributed by atoms with Gasteiger partial charge in [0, 0.05) is 0 Å². The van der Waals surface area contributed by atoms with Gasteiger partial charge in [-0.05, 0) is 24.5 Å². The van der Waals surface area contributed by atoms with Crippen LogP contribution in [0.2, 0.25) is 0 Å². The van der Waals surface area contributed by atoms with E-state index >= 15 is 0 Å². The van der Waals surface area contributed by atoms with Crippen molar-refractivity contribution < 1.29 is 5.11 Å². The Hall–Kier alpha value is 0.591. The van der Waals surface area contributed by atoms with Gasteiger partial charge < -0.3 is 5.11 Å². The second-order valence-electron chi connectivity index (χ2n) is 3.79. The van der Waals surface area contributed by atoms with E-state index in [-0.39, 0.29) is 48.9 Å². The normalized spacial score (nSPS) is 9.67. The van der Waals surface area contributed by atoms with Gasteiger partial charge in [0.25, 0.3) is 0 Å². The molecule has 0 saturated heterocycles. The first-order chi connectivity index (χ1) is 6.84. The van der Waals surface area contributed by atoms with Crippen LogP contribution in [0.1, 0.15) is 44.6 Å². The Kier molecular flexibility index (Phi) is 10.2. The molecule has 0 aliphatic rings. The number of hydrogen-bond donors (Lipinski definition) is 1. The molecule has 0 radical (unpaired) electrons. The Morgan fingerprint density at radius 1 is 1.00 bits per heavy atom. The van der Waals surface area contributed by atoms with Gasteiger partial charge in [0.2, 0.25) is 0 Å². The largest absolute Gasteiger partial charge is 2.00 e. The minimum absolute atomic E-state index is 0. The third-order valence-electron chi connectivity index (χ3n) is 2.54. The van der Waals surface area contributed by atoms with E-state index in [0.717, 1.165) is 12.0 Å². The molecule has 0 amide bonds. The molecule has 0 unspecified atom stereocenters. The van der Waals surface area contributed by atoms with E-state index < -0.39 is 0 Å². The third-order valence-corrected chi connectivity index (χ3v) is 2.54. The summed E-state index contributed by atoms with van der Waals surface area (Å²) in [6.07, 6.45) is 7.43. The summed E-state index contributed by atoms with van der Waals surface area (Å²) in [4.78, 5) is 0. The first-order valence-corrected chi connectivity index (χ1v) is 5.61. The molecule has 78 valence electrons. The summed E-state index contributed by atoms with van der Waals surface area (Å²) in [7, 11) is 0. The summed E-state index contributed by atoms with van der Waals surface area (Å²) in [5.74, 6) is 0.447. The van der Waals surface area contributed by atoms with Crippen molar-refractivity contribution in [1.82, 2.24) is 0 Å². The Bertz CT molecular complexity index is 260. The van der Waals surface area contributed by atoms with E-state index in [1.54, 1.807) is 6.07 Å². The SMILES string of the molecule is CCCCCCCc1ccccc1O.[Ba+2]. The van der Waals surface area contributed by atoms with Gasteiger partial charge in [-0.2, -0.15) is 0 Å². The van der Waals surface area contributed by atoms with Crippen molar-refractivity contribution in [2.75, 3.05) is 0 Å². The molecule has 0 aliphatic carbocycles. The smallest absolute Gasteiger partial charge is 0.508 e. The van der Waals surface area contributed by atoms with E-state index in [0.29, 0.717) is 5.75 Å². The number of hydrogen-bond acceptors (Lipinski definition) is 1.